The van der Waals surface area contributed by atoms with E-state index in [0.717, 1.165) is 17.2 Å². The molecule has 162 valence electrons. The number of nitrogens with two attached hydrogens (primary N) is 1. The molecule has 2 N–H and O–H groups in total. The number of nitrogens with zero attached hydrogens (tertiary/aromatic N) is 3. The Morgan fingerprint density at radius 1 is 1.19 bits per heavy atom. The zero-order chi connectivity index (χ0) is 22.5. The van der Waals surface area contributed by atoms with E-state index in [1.165, 1.54) is 12.1 Å². The molecule has 4 rings (SSSR count). The summed E-state index contributed by atoms with van der Waals surface area (Å²) in [5.74, 6) is -0.0475. The highest BCUT2D eigenvalue weighted by Crippen LogP contribution is 2.35. The molecule has 0 bridgehead atoms. The van der Waals surface area contributed by atoms with E-state index in [-0.39, 0.29) is 11.7 Å². The van der Waals surface area contributed by atoms with Gasteiger partial charge in [-0.05, 0) is 49.2 Å². The van der Waals surface area contributed by atoms with Crippen molar-refractivity contribution in [2.75, 3.05) is 17.2 Å². The number of rotatable bonds is 3. The molecule has 0 atom stereocenters. The number of nitrogen functional groups attached to an aromatic ring is 1. The number of hydrogen-bond acceptors (Lipinski definition) is 4. The average molecular weight is 451 g/mol. The van der Waals surface area contributed by atoms with E-state index in [2.05, 4.69) is 9.84 Å². The average Bonchev–Trinajstić information content (AvgIpc) is 2.97. The molecule has 3 aromatic rings. The van der Waals surface area contributed by atoms with Crippen LogP contribution in [0.3, 0.4) is 0 Å². The van der Waals surface area contributed by atoms with Gasteiger partial charge in [0.25, 0.3) is 5.91 Å². The summed E-state index contributed by atoms with van der Waals surface area (Å²) in [6.45, 7) is 2.15. The molecule has 0 spiro atoms. The predicted molar refractivity (Wildman–Crippen MR) is 111 cm³/mol. The number of carbonyl (C=O) groups is 1. The molecular weight excluding hydrogens is 433 g/mol. The Bertz CT molecular complexity index is 1190. The highest BCUT2D eigenvalue weighted by molar-refractivity contribution is 6.33. The van der Waals surface area contributed by atoms with Gasteiger partial charge in [-0.2, -0.15) is 5.10 Å². The van der Waals surface area contributed by atoms with Crippen LogP contribution >= 0.6 is 11.6 Å². The lowest BCUT2D eigenvalue weighted by Gasteiger charge is -2.29. The Kier molecular flexibility index (Phi) is 5.09. The molecule has 2 aromatic carbocycles. The first-order valence-corrected chi connectivity index (χ1v) is 9.72. The molecule has 1 amide bonds. The summed E-state index contributed by atoms with van der Waals surface area (Å²) in [4.78, 5) is 14.7. The van der Waals surface area contributed by atoms with Crippen LogP contribution in [0.25, 0.3) is 11.3 Å². The lowest BCUT2D eigenvalue weighted by molar-refractivity contribution is -0.274. The maximum absolute atomic E-state index is 13.1. The number of benzene rings is 2. The normalized spacial score (nSPS) is 14.0. The molecule has 0 aliphatic carbocycles. The molecule has 10 heteroatoms. The quantitative estimate of drug-likeness (QED) is 0.585. The van der Waals surface area contributed by atoms with Gasteiger partial charge in [-0.1, -0.05) is 17.7 Å². The van der Waals surface area contributed by atoms with Crippen LogP contribution in [0, 0.1) is 6.92 Å². The highest BCUT2D eigenvalue weighted by Gasteiger charge is 2.33. The van der Waals surface area contributed by atoms with E-state index < -0.39 is 6.36 Å². The lowest BCUT2D eigenvalue weighted by atomic mass is 9.98. The summed E-state index contributed by atoms with van der Waals surface area (Å²) in [6, 6.07) is 8.97. The van der Waals surface area contributed by atoms with Gasteiger partial charge < -0.3 is 10.5 Å². The summed E-state index contributed by atoms with van der Waals surface area (Å²) >= 11 is 6.14. The van der Waals surface area contributed by atoms with Gasteiger partial charge in [0.15, 0.2) is 0 Å². The van der Waals surface area contributed by atoms with E-state index in [9.17, 15) is 18.0 Å². The molecule has 1 aromatic heterocycles. The van der Waals surface area contributed by atoms with Crippen molar-refractivity contribution in [3.05, 3.63) is 58.1 Å². The first-order chi connectivity index (χ1) is 14.5. The maximum atomic E-state index is 13.1. The smallest absolute Gasteiger partial charge is 0.406 e. The minimum absolute atomic E-state index is 0.295. The summed E-state index contributed by atoms with van der Waals surface area (Å²) in [6.07, 6.45) is -4.41. The van der Waals surface area contributed by atoms with Gasteiger partial charge in [-0.3, -0.25) is 14.4 Å². The second kappa shape index (κ2) is 7.49. The molecule has 31 heavy (non-hydrogen) atoms. The minimum atomic E-state index is -4.79. The van der Waals surface area contributed by atoms with Crippen LogP contribution in [0.5, 0.6) is 5.75 Å². The number of fused-ring (bicyclic) bond motifs is 1. The molecular formula is C21H18ClF3N4O2. The van der Waals surface area contributed by atoms with Crippen molar-refractivity contribution < 1.29 is 22.7 Å². The zero-order valence-electron chi connectivity index (χ0n) is 16.6. The van der Waals surface area contributed by atoms with Gasteiger partial charge in [0.1, 0.15) is 11.6 Å². The number of alkyl halides is 3. The fourth-order valence-corrected chi connectivity index (χ4v) is 3.99. The van der Waals surface area contributed by atoms with Crippen LogP contribution in [0.2, 0.25) is 5.02 Å². The summed E-state index contributed by atoms with van der Waals surface area (Å²) in [5, 5.41) is 4.96. The van der Waals surface area contributed by atoms with Crippen molar-refractivity contribution in [1.29, 1.82) is 0 Å². The van der Waals surface area contributed by atoms with Crippen LogP contribution in [-0.4, -0.2) is 28.6 Å². The van der Waals surface area contributed by atoms with Crippen LogP contribution in [0.15, 0.2) is 36.4 Å². The molecule has 0 saturated heterocycles. The minimum Gasteiger partial charge on any atom is -0.406 e. The number of anilines is 2. The van der Waals surface area contributed by atoms with Crippen LogP contribution < -0.4 is 15.4 Å². The van der Waals surface area contributed by atoms with E-state index in [1.807, 2.05) is 6.92 Å². The third-order valence-electron chi connectivity index (χ3n) is 5.17. The Hall–Kier alpha value is -3.20. The first kappa shape index (κ1) is 21.0. The molecule has 1 aliphatic rings. The van der Waals surface area contributed by atoms with E-state index >= 15 is 0 Å². The monoisotopic (exact) mass is 450 g/mol. The molecule has 6 nitrogen and oxygen atoms in total. The van der Waals surface area contributed by atoms with Crippen molar-refractivity contribution in [3.8, 4) is 17.0 Å². The first-order valence-electron chi connectivity index (χ1n) is 9.34. The summed E-state index contributed by atoms with van der Waals surface area (Å²) in [7, 11) is 1.73. The fraction of sp³-hybridized carbons (Fsp3) is 0.238. The Morgan fingerprint density at radius 3 is 2.61 bits per heavy atom. The Balaban J connectivity index is 1.68. The molecule has 2 heterocycles. The lowest BCUT2D eigenvalue weighted by Crippen LogP contribution is -2.39. The molecule has 0 saturated carbocycles. The van der Waals surface area contributed by atoms with Crippen LogP contribution in [0.1, 0.15) is 21.5 Å². The summed E-state index contributed by atoms with van der Waals surface area (Å²) in [5.41, 5.74) is 9.27. The molecule has 1 aliphatic heterocycles. The van der Waals surface area contributed by atoms with Gasteiger partial charge in [0.05, 0.1) is 16.4 Å². The largest absolute Gasteiger partial charge is 0.573 e. The highest BCUT2D eigenvalue weighted by atomic mass is 35.5. The number of aryl methyl sites for hydroxylation is 1. The number of amides is 1. The third kappa shape index (κ3) is 3.93. The number of carbonyl (C=O) groups excluding carboxylic acids is 1. The fourth-order valence-electron chi connectivity index (χ4n) is 3.81. The van der Waals surface area contributed by atoms with Crippen molar-refractivity contribution >= 4 is 29.0 Å². The number of ether oxygens (including phenoxy) is 1. The summed E-state index contributed by atoms with van der Waals surface area (Å²) < 4.78 is 43.0. The van der Waals surface area contributed by atoms with E-state index in [0.29, 0.717) is 46.3 Å². The standard InChI is InChI=1S/C21H18ClF3N4O2/c1-11-18(13-3-6-17(26)16(22)10-13)27-28(2)19(11)29-8-7-12-9-14(31-21(23,24)25)4-5-15(12)20(29)30/h3-6,9-10H,7-8,26H2,1-2H3. The van der Waals surface area contributed by atoms with Gasteiger partial charge in [-0.25, -0.2) is 0 Å². The Morgan fingerprint density at radius 2 is 1.94 bits per heavy atom. The van der Waals surface area contributed by atoms with Crippen molar-refractivity contribution in [2.45, 2.75) is 19.7 Å². The van der Waals surface area contributed by atoms with Gasteiger partial charge in [-0.15, -0.1) is 13.2 Å². The molecule has 0 radical (unpaired) electrons. The van der Waals surface area contributed by atoms with Gasteiger partial charge >= 0.3 is 6.36 Å². The van der Waals surface area contributed by atoms with E-state index in [1.54, 1.807) is 34.8 Å². The SMILES string of the molecule is Cc1c(-c2ccc(N)c(Cl)c2)nn(C)c1N1CCc2cc(OC(F)(F)F)ccc2C1=O. The zero-order valence-corrected chi connectivity index (χ0v) is 17.4. The van der Waals surface area contributed by atoms with Crippen molar-refractivity contribution in [3.63, 3.8) is 0 Å². The predicted octanol–water partition coefficient (Wildman–Crippen LogP) is 4.73. The Labute approximate surface area is 181 Å². The maximum Gasteiger partial charge on any atom is 0.573 e. The van der Waals surface area contributed by atoms with Crippen LogP contribution in [0.4, 0.5) is 24.7 Å². The topological polar surface area (TPSA) is 73.4 Å². The second-order valence-corrected chi connectivity index (χ2v) is 7.64. The van der Waals surface area contributed by atoms with Gasteiger partial charge in [0, 0.05) is 30.3 Å². The number of hydrogen-bond donors (Lipinski definition) is 1. The van der Waals surface area contributed by atoms with Crippen LogP contribution in [-0.2, 0) is 13.5 Å². The number of halogens is 4. The van der Waals surface area contributed by atoms with Gasteiger partial charge in [0.2, 0.25) is 0 Å². The third-order valence-corrected chi connectivity index (χ3v) is 5.49. The second-order valence-electron chi connectivity index (χ2n) is 7.23. The molecule has 0 unspecified atom stereocenters. The van der Waals surface area contributed by atoms with E-state index in [4.69, 9.17) is 17.3 Å². The molecule has 0 fully saturated rings. The van der Waals surface area contributed by atoms with Crippen molar-refractivity contribution in [2.24, 2.45) is 7.05 Å². The number of aromatic nitrogens is 2. The van der Waals surface area contributed by atoms with Crippen molar-refractivity contribution in [1.82, 2.24) is 9.78 Å².